The van der Waals surface area contributed by atoms with E-state index >= 15 is 0 Å². The van der Waals surface area contributed by atoms with Gasteiger partial charge in [0.2, 0.25) is 5.91 Å². The average Bonchev–Trinajstić information content (AvgIpc) is 2.13. The van der Waals surface area contributed by atoms with Gasteiger partial charge in [-0.1, -0.05) is 19.9 Å². The summed E-state index contributed by atoms with van der Waals surface area (Å²) in [5.74, 6) is 0.677. The SMILES string of the molecule is C=CCNCC(=O)N(CC(C)C)C(C)C. The Labute approximate surface area is 93.5 Å². The third-order valence-electron chi connectivity index (χ3n) is 2.07. The minimum Gasteiger partial charge on any atom is -0.339 e. The third kappa shape index (κ3) is 6.28. The zero-order chi connectivity index (χ0) is 11.8. The van der Waals surface area contributed by atoms with Gasteiger partial charge in [0.15, 0.2) is 0 Å². The average molecular weight is 212 g/mol. The Kier molecular flexibility index (Phi) is 7.05. The second-order valence-electron chi connectivity index (χ2n) is 4.45. The van der Waals surface area contributed by atoms with Crippen LogP contribution >= 0.6 is 0 Å². The van der Waals surface area contributed by atoms with Crippen LogP contribution < -0.4 is 5.32 Å². The fraction of sp³-hybridized carbons (Fsp3) is 0.750. The van der Waals surface area contributed by atoms with Crippen molar-refractivity contribution in [3.8, 4) is 0 Å². The molecule has 0 aliphatic heterocycles. The number of nitrogens with one attached hydrogen (secondary N) is 1. The summed E-state index contributed by atoms with van der Waals surface area (Å²) in [5.41, 5.74) is 0. The maximum absolute atomic E-state index is 11.8. The smallest absolute Gasteiger partial charge is 0.236 e. The number of hydrogen-bond donors (Lipinski definition) is 1. The van der Waals surface area contributed by atoms with Crippen molar-refractivity contribution in [2.45, 2.75) is 33.7 Å². The molecule has 3 heteroatoms. The van der Waals surface area contributed by atoms with Crippen LogP contribution in [-0.4, -0.2) is 36.5 Å². The summed E-state index contributed by atoms with van der Waals surface area (Å²) < 4.78 is 0. The van der Waals surface area contributed by atoms with Crippen LogP contribution in [0.2, 0.25) is 0 Å². The summed E-state index contributed by atoms with van der Waals surface area (Å²) in [6.45, 7) is 13.9. The molecule has 1 amide bonds. The van der Waals surface area contributed by atoms with E-state index in [4.69, 9.17) is 0 Å². The first-order chi connectivity index (χ1) is 6.99. The van der Waals surface area contributed by atoms with Gasteiger partial charge >= 0.3 is 0 Å². The maximum Gasteiger partial charge on any atom is 0.236 e. The fourth-order valence-corrected chi connectivity index (χ4v) is 1.38. The van der Waals surface area contributed by atoms with Crippen LogP contribution in [0.25, 0.3) is 0 Å². The van der Waals surface area contributed by atoms with Crippen LogP contribution in [0, 0.1) is 5.92 Å². The van der Waals surface area contributed by atoms with Gasteiger partial charge < -0.3 is 10.2 Å². The number of hydrogen-bond acceptors (Lipinski definition) is 2. The summed E-state index contributed by atoms with van der Waals surface area (Å²) in [6, 6.07) is 0.269. The highest BCUT2D eigenvalue weighted by Gasteiger charge is 2.16. The standard InChI is InChI=1S/C12H24N2O/c1-6-7-13-8-12(15)14(11(4)5)9-10(2)3/h6,10-11,13H,1,7-9H2,2-5H3. The highest BCUT2D eigenvalue weighted by atomic mass is 16.2. The van der Waals surface area contributed by atoms with Crippen LogP contribution in [0.15, 0.2) is 12.7 Å². The number of carbonyl (C=O) groups excluding carboxylic acids is 1. The van der Waals surface area contributed by atoms with Crippen molar-refractivity contribution < 1.29 is 4.79 Å². The summed E-state index contributed by atoms with van der Waals surface area (Å²) in [6.07, 6.45) is 1.76. The second kappa shape index (κ2) is 7.46. The molecule has 0 saturated carbocycles. The Bertz CT molecular complexity index is 200. The molecule has 0 rings (SSSR count). The number of amides is 1. The van der Waals surface area contributed by atoms with E-state index in [9.17, 15) is 4.79 Å². The van der Waals surface area contributed by atoms with Gasteiger partial charge in [-0.25, -0.2) is 0 Å². The molecule has 0 unspecified atom stereocenters. The molecular formula is C12H24N2O. The van der Waals surface area contributed by atoms with E-state index in [0.717, 1.165) is 6.54 Å². The first-order valence-corrected chi connectivity index (χ1v) is 5.60. The van der Waals surface area contributed by atoms with E-state index < -0.39 is 0 Å². The number of nitrogens with zero attached hydrogens (tertiary/aromatic N) is 1. The largest absolute Gasteiger partial charge is 0.339 e. The Morgan fingerprint density at radius 3 is 2.40 bits per heavy atom. The molecular weight excluding hydrogens is 188 g/mol. The molecule has 3 nitrogen and oxygen atoms in total. The highest BCUT2D eigenvalue weighted by Crippen LogP contribution is 2.04. The van der Waals surface area contributed by atoms with E-state index in [2.05, 4.69) is 25.7 Å². The Morgan fingerprint density at radius 1 is 1.40 bits per heavy atom. The molecule has 0 saturated heterocycles. The predicted octanol–water partition coefficient (Wildman–Crippen LogP) is 1.65. The number of rotatable bonds is 7. The molecule has 0 heterocycles. The monoisotopic (exact) mass is 212 g/mol. The molecule has 0 bridgehead atoms. The Balaban J connectivity index is 4.10. The van der Waals surface area contributed by atoms with Crippen LogP contribution in [-0.2, 0) is 4.79 Å². The van der Waals surface area contributed by atoms with Crippen LogP contribution in [0.4, 0.5) is 0 Å². The van der Waals surface area contributed by atoms with E-state index in [0.29, 0.717) is 19.0 Å². The molecule has 1 N–H and O–H groups in total. The van der Waals surface area contributed by atoms with Crippen molar-refractivity contribution in [2.24, 2.45) is 5.92 Å². The van der Waals surface area contributed by atoms with Gasteiger partial charge in [-0.3, -0.25) is 4.79 Å². The lowest BCUT2D eigenvalue weighted by Crippen LogP contribution is -2.44. The molecule has 0 aliphatic carbocycles. The molecule has 0 spiro atoms. The molecule has 0 radical (unpaired) electrons. The van der Waals surface area contributed by atoms with Gasteiger partial charge in [0, 0.05) is 19.1 Å². The lowest BCUT2D eigenvalue weighted by molar-refractivity contribution is -0.132. The van der Waals surface area contributed by atoms with Crippen LogP contribution in [0.5, 0.6) is 0 Å². The molecule has 0 fully saturated rings. The zero-order valence-corrected chi connectivity index (χ0v) is 10.4. The van der Waals surface area contributed by atoms with E-state index in [-0.39, 0.29) is 11.9 Å². The molecule has 0 aliphatic rings. The summed E-state index contributed by atoms with van der Waals surface area (Å²) in [7, 11) is 0. The predicted molar refractivity (Wildman–Crippen MR) is 64.8 cm³/mol. The van der Waals surface area contributed by atoms with Crippen molar-refractivity contribution in [2.75, 3.05) is 19.6 Å². The fourth-order valence-electron chi connectivity index (χ4n) is 1.38. The topological polar surface area (TPSA) is 32.3 Å². The summed E-state index contributed by atoms with van der Waals surface area (Å²) >= 11 is 0. The Hall–Kier alpha value is -0.830. The minimum atomic E-state index is 0.167. The molecule has 0 aromatic heterocycles. The van der Waals surface area contributed by atoms with Crippen molar-refractivity contribution in [3.05, 3.63) is 12.7 Å². The van der Waals surface area contributed by atoms with E-state index in [1.54, 1.807) is 6.08 Å². The second-order valence-corrected chi connectivity index (χ2v) is 4.45. The zero-order valence-electron chi connectivity index (χ0n) is 10.4. The van der Waals surface area contributed by atoms with Gasteiger partial charge in [-0.2, -0.15) is 0 Å². The maximum atomic E-state index is 11.8. The van der Waals surface area contributed by atoms with Crippen molar-refractivity contribution in [1.29, 1.82) is 0 Å². The van der Waals surface area contributed by atoms with Gasteiger partial charge in [-0.05, 0) is 19.8 Å². The minimum absolute atomic E-state index is 0.167. The van der Waals surface area contributed by atoms with E-state index in [1.165, 1.54) is 0 Å². The van der Waals surface area contributed by atoms with E-state index in [1.807, 2.05) is 18.7 Å². The normalized spacial score (nSPS) is 10.8. The van der Waals surface area contributed by atoms with Crippen molar-refractivity contribution in [3.63, 3.8) is 0 Å². The van der Waals surface area contributed by atoms with Gasteiger partial charge in [0.25, 0.3) is 0 Å². The first-order valence-electron chi connectivity index (χ1n) is 5.60. The number of carbonyl (C=O) groups is 1. The van der Waals surface area contributed by atoms with Gasteiger partial charge in [-0.15, -0.1) is 6.58 Å². The summed E-state index contributed by atoms with van der Waals surface area (Å²) in [5, 5.41) is 3.03. The highest BCUT2D eigenvalue weighted by molar-refractivity contribution is 5.78. The molecule has 88 valence electrons. The molecule has 0 atom stereocenters. The van der Waals surface area contributed by atoms with Gasteiger partial charge in [0.05, 0.1) is 6.54 Å². The lowest BCUT2D eigenvalue weighted by Gasteiger charge is -2.28. The summed E-state index contributed by atoms with van der Waals surface area (Å²) in [4.78, 5) is 13.7. The lowest BCUT2D eigenvalue weighted by atomic mass is 10.2. The molecule has 0 aromatic rings. The van der Waals surface area contributed by atoms with Crippen molar-refractivity contribution in [1.82, 2.24) is 10.2 Å². The molecule has 15 heavy (non-hydrogen) atoms. The first kappa shape index (κ1) is 14.2. The van der Waals surface area contributed by atoms with Crippen LogP contribution in [0.1, 0.15) is 27.7 Å². The third-order valence-corrected chi connectivity index (χ3v) is 2.07. The quantitative estimate of drug-likeness (QED) is 0.514. The molecule has 0 aromatic carbocycles. The van der Waals surface area contributed by atoms with Gasteiger partial charge in [0.1, 0.15) is 0 Å². The Morgan fingerprint density at radius 2 is 2.00 bits per heavy atom. The van der Waals surface area contributed by atoms with Crippen molar-refractivity contribution >= 4 is 5.91 Å². The van der Waals surface area contributed by atoms with Crippen LogP contribution in [0.3, 0.4) is 0 Å².